The van der Waals surface area contributed by atoms with Gasteiger partial charge >= 0.3 is 5.97 Å². The van der Waals surface area contributed by atoms with Gasteiger partial charge < -0.3 is 20.1 Å². The molecule has 0 aromatic carbocycles. The van der Waals surface area contributed by atoms with Crippen molar-refractivity contribution in [3.8, 4) is 0 Å². The summed E-state index contributed by atoms with van der Waals surface area (Å²) in [4.78, 5) is 41.9. The number of hydrogen-bond acceptors (Lipinski definition) is 5. The van der Waals surface area contributed by atoms with E-state index in [9.17, 15) is 19.5 Å². The lowest BCUT2D eigenvalue weighted by Crippen LogP contribution is -2.56. The van der Waals surface area contributed by atoms with Crippen LogP contribution in [-0.4, -0.2) is 58.6 Å². The van der Waals surface area contributed by atoms with Crippen molar-refractivity contribution >= 4 is 17.8 Å². The normalized spacial score (nSPS) is 28.5. The highest BCUT2D eigenvalue weighted by Crippen LogP contribution is 2.46. The van der Waals surface area contributed by atoms with Crippen molar-refractivity contribution in [2.24, 2.45) is 29.1 Å². The van der Waals surface area contributed by atoms with Crippen LogP contribution < -0.4 is 5.32 Å². The lowest BCUT2D eigenvalue weighted by atomic mass is 9.68. The molecule has 0 radical (unpaired) electrons. The second-order valence-electron chi connectivity index (χ2n) is 11.6. The SMILES string of the molecule is CCC[C@@H]1C=C[C@H]2[C@@H](C(=O)N([C@H](C)CO)[C@@H]2C(=O)NC(C)(C)CC(C)(C)C)[C@@H]1C(=O)OCC. The quantitative estimate of drug-likeness (QED) is 0.403. The lowest BCUT2D eigenvalue weighted by Gasteiger charge is -2.37. The molecule has 0 spiro atoms. The van der Waals surface area contributed by atoms with Crippen LogP contribution >= 0.6 is 0 Å². The minimum Gasteiger partial charge on any atom is -0.466 e. The Kier molecular flexibility index (Phi) is 8.77. The highest BCUT2D eigenvalue weighted by atomic mass is 16.5. The Balaban J connectivity index is 2.47. The van der Waals surface area contributed by atoms with Crippen molar-refractivity contribution in [1.29, 1.82) is 0 Å². The Bertz CT molecular complexity index is 754. The van der Waals surface area contributed by atoms with E-state index in [1.807, 2.05) is 32.9 Å². The Morgan fingerprint density at radius 1 is 1.18 bits per heavy atom. The van der Waals surface area contributed by atoms with E-state index in [-0.39, 0.29) is 42.3 Å². The van der Waals surface area contributed by atoms with Gasteiger partial charge in [-0.1, -0.05) is 46.3 Å². The average Bonchev–Trinajstić information content (AvgIpc) is 2.98. The van der Waals surface area contributed by atoms with E-state index in [1.165, 1.54) is 4.90 Å². The number of aliphatic hydroxyl groups excluding tert-OH is 1. The molecule has 7 heteroatoms. The summed E-state index contributed by atoms with van der Waals surface area (Å²) in [5.41, 5.74) is -0.468. The zero-order valence-corrected chi connectivity index (χ0v) is 21.7. The first-order valence-electron chi connectivity index (χ1n) is 12.4. The molecule has 1 fully saturated rings. The van der Waals surface area contributed by atoms with Gasteiger partial charge in [-0.3, -0.25) is 14.4 Å². The summed E-state index contributed by atoms with van der Waals surface area (Å²) in [5.74, 6) is -2.72. The van der Waals surface area contributed by atoms with Crippen LogP contribution in [-0.2, 0) is 19.1 Å². The summed E-state index contributed by atoms with van der Waals surface area (Å²) in [6.07, 6.45) is 6.34. The van der Waals surface area contributed by atoms with Gasteiger partial charge in [0.15, 0.2) is 0 Å². The van der Waals surface area contributed by atoms with Gasteiger partial charge in [0.05, 0.1) is 31.1 Å². The third-order valence-corrected chi connectivity index (χ3v) is 6.67. The summed E-state index contributed by atoms with van der Waals surface area (Å²) in [6.45, 7) is 15.9. The van der Waals surface area contributed by atoms with Crippen molar-refractivity contribution in [3.05, 3.63) is 12.2 Å². The van der Waals surface area contributed by atoms with E-state index in [0.29, 0.717) is 0 Å². The van der Waals surface area contributed by atoms with Crippen LogP contribution in [0.2, 0.25) is 0 Å². The number of nitrogens with one attached hydrogen (secondary N) is 1. The molecule has 1 aliphatic carbocycles. The maximum atomic E-state index is 13.7. The van der Waals surface area contributed by atoms with E-state index in [4.69, 9.17) is 4.74 Å². The van der Waals surface area contributed by atoms with E-state index in [0.717, 1.165) is 19.3 Å². The molecule has 0 bridgehead atoms. The Hall–Kier alpha value is -1.89. The molecular formula is C26H44N2O5. The van der Waals surface area contributed by atoms with E-state index in [1.54, 1.807) is 13.8 Å². The fourth-order valence-electron chi connectivity index (χ4n) is 5.96. The highest BCUT2D eigenvalue weighted by molar-refractivity contribution is 5.96. The molecule has 2 aliphatic rings. The zero-order valence-electron chi connectivity index (χ0n) is 21.7. The van der Waals surface area contributed by atoms with Crippen LogP contribution in [0, 0.1) is 29.1 Å². The third kappa shape index (κ3) is 6.17. The van der Waals surface area contributed by atoms with Gasteiger partial charge in [0.2, 0.25) is 11.8 Å². The number of likely N-dealkylation sites (tertiary alicyclic amines) is 1. The largest absolute Gasteiger partial charge is 0.466 e. The first kappa shape index (κ1) is 27.4. The average molecular weight is 465 g/mol. The molecule has 0 aromatic heterocycles. The van der Waals surface area contributed by atoms with Crippen LogP contribution in [0.1, 0.15) is 74.7 Å². The number of amides is 2. The molecule has 0 unspecified atom stereocenters. The highest BCUT2D eigenvalue weighted by Gasteiger charge is 2.58. The number of rotatable bonds is 9. The van der Waals surface area contributed by atoms with Crippen molar-refractivity contribution in [3.63, 3.8) is 0 Å². The van der Waals surface area contributed by atoms with Crippen LogP contribution in [0.4, 0.5) is 0 Å². The summed E-state index contributed by atoms with van der Waals surface area (Å²) >= 11 is 0. The Labute approximate surface area is 199 Å². The molecule has 188 valence electrons. The summed E-state index contributed by atoms with van der Waals surface area (Å²) < 4.78 is 5.37. The number of carbonyl (C=O) groups is 3. The smallest absolute Gasteiger partial charge is 0.310 e. The number of hydrogen-bond donors (Lipinski definition) is 2. The van der Waals surface area contributed by atoms with Gasteiger partial charge in [-0.2, -0.15) is 0 Å². The standard InChI is InChI=1S/C26H44N2O5/c1-9-11-17-12-13-18-20(19(17)24(32)33-10-2)23(31)28(16(3)14-29)21(18)22(30)27-26(7,8)15-25(4,5)6/h12-13,16-21,29H,9-11,14-15H2,1-8H3,(H,27,30)/t16-,17-,18+,19-,20-,21+/m1/s1. The second kappa shape index (κ2) is 10.6. The molecule has 0 saturated carbocycles. The molecule has 33 heavy (non-hydrogen) atoms. The number of ether oxygens (including phenoxy) is 1. The van der Waals surface area contributed by atoms with Gasteiger partial charge in [-0.25, -0.2) is 0 Å². The molecule has 0 aromatic rings. The zero-order chi connectivity index (χ0) is 25.1. The van der Waals surface area contributed by atoms with Gasteiger partial charge in [-0.15, -0.1) is 0 Å². The lowest BCUT2D eigenvalue weighted by molar-refractivity contribution is -0.156. The van der Waals surface area contributed by atoms with Crippen molar-refractivity contribution in [1.82, 2.24) is 10.2 Å². The summed E-state index contributed by atoms with van der Waals surface area (Å²) in [5, 5.41) is 13.1. The maximum absolute atomic E-state index is 13.7. The number of aliphatic hydroxyl groups is 1. The van der Waals surface area contributed by atoms with Crippen LogP contribution in [0.3, 0.4) is 0 Å². The summed E-state index contributed by atoms with van der Waals surface area (Å²) in [7, 11) is 0. The van der Waals surface area contributed by atoms with Crippen molar-refractivity contribution < 1.29 is 24.2 Å². The first-order chi connectivity index (χ1) is 15.3. The molecule has 1 heterocycles. The monoisotopic (exact) mass is 464 g/mol. The first-order valence-corrected chi connectivity index (χ1v) is 12.4. The minimum atomic E-state index is -0.778. The fraction of sp³-hybridized carbons (Fsp3) is 0.808. The summed E-state index contributed by atoms with van der Waals surface area (Å²) in [6, 6.07) is -1.31. The van der Waals surface area contributed by atoms with Crippen LogP contribution in [0.15, 0.2) is 12.2 Å². The molecule has 2 N–H and O–H groups in total. The van der Waals surface area contributed by atoms with Crippen LogP contribution in [0.25, 0.3) is 0 Å². The van der Waals surface area contributed by atoms with Gasteiger partial charge in [0.1, 0.15) is 6.04 Å². The Morgan fingerprint density at radius 3 is 2.33 bits per heavy atom. The number of fused-ring (bicyclic) bond motifs is 1. The topological polar surface area (TPSA) is 95.9 Å². The second-order valence-corrected chi connectivity index (χ2v) is 11.6. The molecule has 2 amide bonds. The van der Waals surface area contributed by atoms with Gasteiger partial charge in [-0.05, 0) is 51.9 Å². The number of esters is 1. The minimum absolute atomic E-state index is 0.00993. The maximum Gasteiger partial charge on any atom is 0.310 e. The predicted octanol–water partition coefficient (Wildman–Crippen LogP) is 3.31. The predicted molar refractivity (Wildman–Crippen MR) is 128 cm³/mol. The molecular weight excluding hydrogens is 420 g/mol. The molecule has 1 saturated heterocycles. The molecule has 1 aliphatic heterocycles. The van der Waals surface area contributed by atoms with Crippen LogP contribution in [0.5, 0.6) is 0 Å². The fourth-order valence-corrected chi connectivity index (χ4v) is 5.96. The van der Waals surface area contributed by atoms with E-state index >= 15 is 0 Å². The molecule has 7 nitrogen and oxygen atoms in total. The van der Waals surface area contributed by atoms with Crippen molar-refractivity contribution in [2.75, 3.05) is 13.2 Å². The number of allylic oxidation sites excluding steroid dienone is 1. The third-order valence-electron chi connectivity index (χ3n) is 6.67. The van der Waals surface area contributed by atoms with Crippen molar-refractivity contribution in [2.45, 2.75) is 92.3 Å². The number of carbonyl (C=O) groups excluding carboxylic acids is 3. The van der Waals surface area contributed by atoms with E-state index < -0.39 is 35.4 Å². The number of nitrogens with zero attached hydrogens (tertiary/aromatic N) is 1. The van der Waals surface area contributed by atoms with Gasteiger partial charge in [0, 0.05) is 11.5 Å². The Morgan fingerprint density at radius 2 is 1.82 bits per heavy atom. The molecule has 6 atom stereocenters. The molecule has 2 rings (SSSR count). The van der Waals surface area contributed by atoms with Gasteiger partial charge in [0.25, 0.3) is 0 Å². The van der Waals surface area contributed by atoms with E-state index in [2.05, 4.69) is 26.1 Å².